The zero-order valence-electron chi connectivity index (χ0n) is 12.0. The molecule has 1 atom stereocenters. The van der Waals surface area contributed by atoms with Gasteiger partial charge in [0.1, 0.15) is 5.82 Å². The van der Waals surface area contributed by atoms with E-state index in [1.54, 1.807) is 29.8 Å². The summed E-state index contributed by atoms with van der Waals surface area (Å²) in [5.74, 6) is -1.46. The minimum Gasteiger partial charge on any atom is -0.549 e. The van der Waals surface area contributed by atoms with E-state index in [0.717, 1.165) is 17.3 Å². The van der Waals surface area contributed by atoms with Crippen LogP contribution in [0.25, 0.3) is 0 Å². The van der Waals surface area contributed by atoms with Crippen molar-refractivity contribution in [1.29, 1.82) is 0 Å². The molecule has 1 aromatic heterocycles. The number of hydrogen-bond donors (Lipinski definition) is 1. The number of aliphatic hydroxyl groups is 1. The van der Waals surface area contributed by atoms with E-state index >= 15 is 0 Å². The molecule has 0 saturated heterocycles. The summed E-state index contributed by atoms with van der Waals surface area (Å²) in [6.45, 7) is 1.94. The zero-order chi connectivity index (χ0) is 16.1. The van der Waals surface area contributed by atoms with Crippen LogP contribution in [-0.2, 0) is 17.9 Å². The van der Waals surface area contributed by atoms with Gasteiger partial charge in [0.25, 0.3) is 0 Å². The molecule has 0 fully saturated rings. The molecule has 2 rings (SSSR count). The first-order valence-electron chi connectivity index (χ1n) is 6.82. The maximum Gasteiger partial charge on any atom is 0.169 e. The van der Waals surface area contributed by atoms with Crippen LogP contribution in [0.3, 0.4) is 0 Å². The first-order chi connectivity index (χ1) is 10.5. The molecular weight excluding hydrogens is 307 g/mol. The minimum absolute atomic E-state index is 0.230. The van der Waals surface area contributed by atoms with Crippen LogP contribution in [0, 0.1) is 5.82 Å². The average Bonchev–Trinajstić information content (AvgIpc) is 2.88. The summed E-state index contributed by atoms with van der Waals surface area (Å²) in [7, 11) is 0. The first kappa shape index (κ1) is 16.5. The van der Waals surface area contributed by atoms with Crippen molar-refractivity contribution in [3.63, 3.8) is 0 Å². The molecule has 0 aliphatic carbocycles. The molecule has 0 bridgehead atoms. The minimum atomic E-state index is -1.14. The van der Waals surface area contributed by atoms with Crippen LogP contribution in [0.5, 0.6) is 0 Å². The van der Waals surface area contributed by atoms with Crippen molar-refractivity contribution in [2.24, 2.45) is 0 Å². The molecule has 7 heteroatoms. The van der Waals surface area contributed by atoms with Crippen molar-refractivity contribution in [3.05, 3.63) is 47.5 Å². The molecule has 0 unspecified atom stereocenters. The van der Waals surface area contributed by atoms with E-state index in [1.165, 1.54) is 12.1 Å². The fourth-order valence-electron chi connectivity index (χ4n) is 1.95. The highest BCUT2D eigenvalue weighted by molar-refractivity contribution is 8.00. The number of hydrogen-bond acceptors (Lipinski definition) is 5. The molecule has 0 aliphatic heterocycles. The van der Waals surface area contributed by atoms with Crippen molar-refractivity contribution < 1.29 is 19.4 Å². The Morgan fingerprint density at radius 2 is 2.14 bits per heavy atom. The number of aliphatic carboxylic acids is 1. The fraction of sp³-hybridized carbons (Fsp3) is 0.333. The number of carboxylic acids is 1. The quantitative estimate of drug-likeness (QED) is 0.774. The normalized spacial score (nSPS) is 12.3. The number of carboxylic acid groups (broad SMARTS) is 1. The molecule has 0 amide bonds. The Balaban J connectivity index is 2.24. The van der Waals surface area contributed by atoms with Crippen LogP contribution in [0.1, 0.15) is 24.6 Å². The lowest BCUT2D eigenvalue weighted by Crippen LogP contribution is -2.33. The largest absolute Gasteiger partial charge is 0.549 e. The monoisotopic (exact) mass is 323 g/mol. The van der Waals surface area contributed by atoms with E-state index in [1.807, 2.05) is 0 Å². The maximum absolute atomic E-state index is 12.9. The number of thioether (sulfide) groups is 1. The number of aromatic nitrogens is 2. The number of imidazole rings is 1. The maximum atomic E-state index is 12.9. The Kier molecular flexibility index (Phi) is 5.57. The average molecular weight is 323 g/mol. The SMILES string of the molecule is CC[C@@H](Sc1nc(CO)cn1Cc1ccc(F)cc1)C(=O)[O-]. The van der Waals surface area contributed by atoms with Gasteiger partial charge in [0.15, 0.2) is 5.16 Å². The van der Waals surface area contributed by atoms with Gasteiger partial charge in [0.05, 0.1) is 23.5 Å². The number of carbonyl (C=O) groups is 1. The lowest BCUT2D eigenvalue weighted by Gasteiger charge is -2.15. The number of carbonyl (C=O) groups excluding carboxylic acids is 1. The summed E-state index contributed by atoms with van der Waals surface area (Å²) in [6, 6.07) is 6.03. The second kappa shape index (κ2) is 7.42. The van der Waals surface area contributed by atoms with Gasteiger partial charge in [0.2, 0.25) is 0 Å². The van der Waals surface area contributed by atoms with Gasteiger partial charge in [-0.05, 0) is 24.1 Å². The van der Waals surface area contributed by atoms with Gasteiger partial charge in [0, 0.05) is 12.7 Å². The van der Waals surface area contributed by atoms with Crippen molar-refractivity contribution in [3.8, 4) is 0 Å². The Labute approximate surface area is 131 Å². The Bertz CT molecular complexity index is 643. The second-order valence-electron chi connectivity index (χ2n) is 4.76. The number of halogens is 1. The standard InChI is InChI=1S/C15H17FN2O3S/c1-2-13(14(20)21)22-15-17-12(9-19)8-18(15)7-10-3-5-11(16)6-4-10/h3-6,8,13,19H,2,7,9H2,1H3,(H,20,21)/p-1/t13-/m1/s1. The molecule has 0 spiro atoms. The highest BCUT2D eigenvalue weighted by Crippen LogP contribution is 2.25. The number of aliphatic hydroxyl groups excluding tert-OH is 1. The number of rotatable bonds is 7. The summed E-state index contributed by atoms with van der Waals surface area (Å²) in [4.78, 5) is 15.3. The van der Waals surface area contributed by atoms with E-state index < -0.39 is 11.2 Å². The van der Waals surface area contributed by atoms with E-state index in [0.29, 0.717) is 23.8 Å². The zero-order valence-corrected chi connectivity index (χ0v) is 12.8. The summed E-state index contributed by atoms with van der Waals surface area (Å²) in [5.41, 5.74) is 1.31. The van der Waals surface area contributed by atoms with E-state index in [-0.39, 0.29) is 12.4 Å². The van der Waals surface area contributed by atoms with Gasteiger partial charge < -0.3 is 19.6 Å². The molecule has 0 saturated carbocycles. The molecule has 1 N–H and O–H groups in total. The summed E-state index contributed by atoms with van der Waals surface area (Å²) in [6.07, 6.45) is 2.07. The molecule has 1 aromatic carbocycles. The molecular formula is C15H16FN2O3S-. The second-order valence-corrected chi connectivity index (χ2v) is 5.93. The molecule has 0 radical (unpaired) electrons. The predicted molar refractivity (Wildman–Crippen MR) is 78.6 cm³/mol. The van der Waals surface area contributed by atoms with Crippen LogP contribution in [-0.4, -0.2) is 25.9 Å². The third-order valence-corrected chi connectivity index (χ3v) is 4.45. The lowest BCUT2D eigenvalue weighted by atomic mass is 10.2. The number of benzene rings is 1. The van der Waals surface area contributed by atoms with Crippen molar-refractivity contribution in [2.75, 3.05) is 0 Å². The molecule has 1 heterocycles. The molecule has 118 valence electrons. The van der Waals surface area contributed by atoms with Crippen LogP contribution >= 0.6 is 11.8 Å². The Morgan fingerprint density at radius 3 is 2.68 bits per heavy atom. The van der Waals surface area contributed by atoms with Crippen molar-refractivity contribution in [2.45, 2.75) is 36.9 Å². The molecule has 0 aliphatic rings. The first-order valence-corrected chi connectivity index (χ1v) is 7.70. The van der Waals surface area contributed by atoms with Gasteiger partial charge in [-0.15, -0.1) is 0 Å². The Morgan fingerprint density at radius 1 is 1.45 bits per heavy atom. The van der Waals surface area contributed by atoms with Crippen LogP contribution in [0.15, 0.2) is 35.6 Å². The summed E-state index contributed by atoms with van der Waals surface area (Å²) >= 11 is 1.09. The van der Waals surface area contributed by atoms with Gasteiger partial charge in [-0.3, -0.25) is 0 Å². The van der Waals surface area contributed by atoms with Crippen LogP contribution in [0.2, 0.25) is 0 Å². The van der Waals surface area contributed by atoms with Crippen molar-refractivity contribution in [1.82, 2.24) is 9.55 Å². The topological polar surface area (TPSA) is 78.2 Å². The van der Waals surface area contributed by atoms with E-state index in [9.17, 15) is 19.4 Å². The smallest absolute Gasteiger partial charge is 0.169 e. The van der Waals surface area contributed by atoms with Gasteiger partial charge in [-0.2, -0.15) is 0 Å². The highest BCUT2D eigenvalue weighted by Gasteiger charge is 2.15. The molecule has 22 heavy (non-hydrogen) atoms. The highest BCUT2D eigenvalue weighted by atomic mass is 32.2. The summed E-state index contributed by atoms with van der Waals surface area (Å²) < 4.78 is 14.7. The molecule has 2 aromatic rings. The van der Waals surface area contributed by atoms with Crippen LogP contribution < -0.4 is 5.11 Å². The Hall–Kier alpha value is -1.86. The van der Waals surface area contributed by atoms with Gasteiger partial charge >= 0.3 is 0 Å². The van der Waals surface area contributed by atoms with Gasteiger partial charge in [-0.1, -0.05) is 30.8 Å². The number of nitrogens with zero attached hydrogens (tertiary/aromatic N) is 2. The van der Waals surface area contributed by atoms with E-state index in [4.69, 9.17) is 0 Å². The van der Waals surface area contributed by atoms with Crippen molar-refractivity contribution >= 4 is 17.7 Å². The van der Waals surface area contributed by atoms with Crippen LogP contribution in [0.4, 0.5) is 4.39 Å². The predicted octanol–water partition coefficient (Wildman–Crippen LogP) is 1.18. The third-order valence-electron chi connectivity index (χ3n) is 3.10. The fourth-order valence-corrected chi connectivity index (χ4v) is 2.89. The molecule has 5 nitrogen and oxygen atoms in total. The third kappa shape index (κ3) is 4.08. The van der Waals surface area contributed by atoms with Gasteiger partial charge in [-0.25, -0.2) is 9.37 Å². The lowest BCUT2D eigenvalue weighted by molar-refractivity contribution is -0.304. The summed E-state index contributed by atoms with van der Waals surface area (Å²) in [5, 5.41) is 20.1. The van der Waals surface area contributed by atoms with E-state index in [2.05, 4.69) is 4.98 Å².